The van der Waals surface area contributed by atoms with Crippen LogP contribution in [0.4, 0.5) is 0 Å². The maximum Gasteiger partial charge on any atom is 0.191 e. The van der Waals surface area contributed by atoms with Crippen LogP contribution < -0.4 is 20.1 Å². The fourth-order valence-electron chi connectivity index (χ4n) is 2.18. The number of methoxy groups -OCH3 is 1. The molecule has 5 nitrogen and oxygen atoms in total. The predicted molar refractivity (Wildman–Crippen MR) is 100 cm³/mol. The van der Waals surface area contributed by atoms with Gasteiger partial charge in [0.25, 0.3) is 0 Å². The van der Waals surface area contributed by atoms with Crippen LogP contribution in [0, 0.1) is 0 Å². The fourth-order valence-corrected chi connectivity index (χ4v) is 2.83. The number of guanidine groups is 1. The van der Waals surface area contributed by atoms with Crippen molar-refractivity contribution in [3.63, 3.8) is 0 Å². The summed E-state index contributed by atoms with van der Waals surface area (Å²) in [4.78, 5) is 5.92. The third kappa shape index (κ3) is 5.45. The van der Waals surface area contributed by atoms with Crippen molar-refractivity contribution in [3.8, 4) is 11.5 Å². The van der Waals surface area contributed by atoms with Crippen molar-refractivity contribution < 1.29 is 9.47 Å². The van der Waals surface area contributed by atoms with Gasteiger partial charge in [0, 0.05) is 11.4 Å². The zero-order valence-corrected chi connectivity index (χ0v) is 15.3. The number of benzene rings is 1. The standard InChI is InChI=1S/C18H25N3O2S/c1-4-19-18(21-13-15-7-6-10-24-15)20-12-14-8-9-16(22-3)17(11-14)23-5-2/h6-11H,4-5,12-13H2,1-3H3,(H2,19,20,21). The first-order valence-electron chi connectivity index (χ1n) is 8.11. The van der Waals surface area contributed by atoms with Crippen molar-refractivity contribution in [3.05, 3.63) is 46.2 Å². The Morgan fingerprint density at radius 3 is 2.71 bits per heavy atom. The highest BCUT2D eigenvalue weighted by molar-refractivity contribution is 7.09. The predicted octanol–water partition coefficient (Wildman–Crippen LogP) is 3.41. The first-order valence-corrected chi connectivity index (χ1v) is 8.99. The van der Waals surface area contributed by atoms with Gasteiger partial charge in [0.1, 0.15) is 0 Å². The highest BCUT2D eigenvalue weighted by Gasteiger charge is 2.05. The number of nitrogens with zero attached hydrogens (tertiary/aromatic N) is 1. The third-order valence-corrected chi connectivity index (χ3v) is 4.18. The van der Waals surface area contributed by atoms with E-state index in [1.165, 1.54) is 4.88 Å². The SMILES string of the molecule is CCNC(=NCc1ccc(OC)c(OCC)c1)NCc1cccs1. The van der Waals surface area contributed by atoms with Gasteiger partial charge < -0.3 is 20.1 Å². The number of rotatable bonds is 8. The molecule has 0 aliphatic heterocycles. The Morgan fingerprint density at radius 2 is 2.04 bits per heavy atom. The van der Waals surface area contributed by atoms with Gasteiger partial charge in [0.05, 0.1) is 26.8 Å². The molecule has 24 heavy (non-hydrogen) atoms. The lowest BCUT2D eigenvalue weighted by Gasteiger charge is -2.12. The van der Waals surface area contributed by atoms with Crippen LogP contribution in [-0.4, -0.2) is 26.2 Å². The van der Waals surface area contributed by atoms with Gasteiger partial charge in [-0.05, 0) is 43.0 Å². The number of nitrogens with one attached hydrogen (secondary N) is 2. The Morgan fingerprint density at radius 1 is 1.17 bits per heavy atom. The van der Waals surface area contributed by atoms with Crippen LogP contribution in [0.15, 0.2) is 40.7 Å². The quantitative estimate of drug-likeness (QED) is 0.568. The molecule has 130 valence electrons. The zero-order valence-electron chi connectivity index (χ0n) is 14.5. The third-order valence-electron chi connectivity index (χ3n) is 3.30. The van der Waals surface area contributed by atoms with E-state index in [1.807, 2.05) is 25.1 Å². The average molecular weight is 347 g/mol. The number of aliphatic imine (C=N–C) groups is 1. The first kappa shape index (κ1) is 18.1. The second-order valence-electron chi connectivity index (χ2n) is 5.05. The number of ether oxygens (including phenoxy) is 2. The lowest BCUT2D eigenvalue weighted by Crippen LogP contribution is -2.36. The highest BCUT2D eigenvalue weighted by Crippen LogP contribution is 2.28. The van der Waals surface area contributed by atoms with E-state index in [-0.39, 0.29) is 0 Å². The monoisotopic (exact) mass is 347 g/mol. The van der Waals surface area contributed by atoms with E-state index in [0.29, 0.717) is 13.2 Å². The molecule has 6 heteroatoms. The summed E-state index contributed by atoms with van der Waals surface area (Å²) in [6.45, 7) is 6.79. The van der Waals surface area contributed by atoms with E-state index in [1.54, 1.807) is 18.4 Å². The molecule has 0 amide bonds. The van der Waals surface area contributed by atoms with Crippen LogP contribution in [0.5, 0.6) is 11.5 Å². The molecule has 0 saturated carbocycles. The van der Waals surface area contributed by atoms with Crippen LogP contribution in [0.1, 0.15) is 24.3 Å². The zero-order chi connectivity index (χ0) is 17.2. The molecule has 0 unspecified atom stereocenters. The molecule has 1 aromatic carbocycles. The smallest absolute Gasteiger partial charge is 0.191 e. The first-order chi connectivity index (χ1) is 11.8. The Balaban J connectivity index is 2.02. The van der Waals surface area contributed by atoms with Gasteiger partial charge in [0.15, 0.2) is 17.5 Å². The molecular formula is C18H25N3O2S. The summed E-state index contributed by atoms with van der Waals surface area (Å²) in [6.07, 6.45) is 0. The van der Waals surface area contributed by atoms with Crippen molar-refractivity contribution in [2.45, 2.75) is 26.9 Å². The molecule has 0 saturated heterocycles. The minimum Gasteiger partial charge on any atom is -0.493 e. The lowest BCUT2D eigenvalue weighted by molar-refractivity contribution is 0.310. The molecule has 0 spiro atoms. The van der Waals surface area contributed by atoms with Crippen molar-refractivity contribution in [1.29, 1.82) is 0 Å². The van der Waals surface area contributed by atoms with E-state index < -0.39 is 0 Å². The lowest BCUT2D eigenvalue weighted by atomic mass is 10.2. The van der Waals surface area contributed by atoms with Crippen molar-refractivity contribution in [2.24, 2.45) is 4.99 Å². The number of thiophene rings is 1. The van der Waals surface area contributed by atoms with Gasteiger partial charge >= 0.3 is 0 Å². The van der Waals surface area contributed by atoms with Crippen LogP contribution in [0.3, 0.4) is 0 Å². The summed E-state index contributed by atoms with van der Waals surface area (Å²) in [5.41, 5.74) is 1.08. The summed E-state index contributed by atoms with van der Waals surface area (Å²) in [5, 5.41) is 8.69. The van der Waals surface area contributed by atoms with Gasteiger partial charge in [-0.25, -0.2) is 4.99 Å². The Hall–Kier alpha value is -2.21. The number of hydrogen-bond acceptors (Lipinski definition) is 4. The molecule has 0 radical (unpaired) electrons. The van der Waals surface area contributed by atoms with E-state index in [0.717, 1.165) is 36.1 Å². The van der Waals surface area contributed by atoms with Gasteiger partial charge in [-0.3, -0.25) is 0 Å². The molecule has 2 aromatic rings. The molecule has 2 N–H and O–H groups in total. The van der Waals surface area contributed by atoms with Gasteiger partial charge in [-0.2, -0.15) is 0 Å². The molecular weight excluding hydrogens is 322 g/mol. The minimum atomic E-state index is 0.573. The van der Waals surface area contributed by atoms with Crippen LogP contribution in [0.2, 0.25) is 0 Å². The van der Waals surface area contributed by atoms with E-state index in [2.05, 4.69) is 40.1 Å². The van der Waals surface area contributed by atoms with Crippen LogP contribution >= 0.6 is 11.3 Å². The summed E-state index contributed by atoms with van der Waals surface area (Å²) in [7, 11) is 1.65. The average Bonchev–Trinajstić information content (AvgIpc) is 3.11. The van der Waals surface area contributed by atoms with Gasteiger partial charge in [-0.1, -0.05) is 12.1 Å². The van der Waals surface area contributed by atoms with Gasteiger partial charge in [-0.15, -0.1) is 11.3 Å². The second kappa shape index (κ2) is 9.82. The Bertz CT molecular complexity index is 642. The summed E-state index contributed by atoms with van der Waals surface area (Å²) in [6, 6.07) is 10.1. The number of hydrogen-bond donors (Lipinski definition) is 2. The topological polar surface area (TPSA) is 54.9 Å². The molecule has 1 heterocycles. The van der Waals surface area contributed by atoms with E-state index in [4.69, 9.17) is 9.47 Å². The molecule has 1 aromatic heterocycles. The van der Waals surface area contributed by atoms with E-state index in [9.17, 15) is 0 Å². The molecule has 0 fully saturated rings. The van der Waals surface area contributed by atoms with Crippen LogP contribution in [0.25, 0.3) is 0 Å². The largest absolute Gasteiger partial charge is 0.493 e. The Labute approximate surface area is 147 Å². The van der Waals surface area contributed by atoms with Crippen molar-refractivity contribution in [1.82, 2.24) is 10.6 Å². The summed E-state index contributed by atoms with van der Waals surface area (Å²) >= 11 is 1.73. The molecule has 0 bridgehead atoms. The second-order valence-corrected chi connectivity index (χ2v) is 6.08. The minimum absolute atomic E-state index is 0.573. The summed E-state index contributed by atoms with van der Waals surface area (Å²) < 4.78 is 10.9. The normalized spacial score (nSPS) is 11.2. The van der Waals surface area contributed by atoms with Crippen molar-refractivity contribution >= 4 is 17.3 Å². The molecule has 0 atom stereocenters. The highest BCUT2D eigenvalue weighted by atomic mass is 32.1. The van der Waals surface area contributed by atoms with Crippen molar-refractivity contribution in [2.75, 3.05) is 20.3 Å². The maximum atomic E-state index is 5.62. The molecule has 0 aliphatic carbocycles. The Kier molecular flexibility index (Phi) is 7.42. The summed E-state index contributed by atoms with van der Waals surface area (Å²) in [5.74, 6) is 2.30. The van der Waals surface area contributed by atoms with E-state index >= 15 is 0 Å². The maximum absolute atomic E-state index is 5.62. The molecule has 0 aliphatic rings. The van der Waals surface area contributed by atoms with Crippen LogP contribution in [-0.2, 0) is 13.1 Å². The molecule has 2 rings (SSSR count). The van der Waals surface area contributed by atoms with Gasteiger partial charge in [0.2, 0.25) is 0 Å². The fraction of sp³-hybridized carbons (Fsp3) is 0.389.